The van der Waals surface area contributed by atoms with Crippen molar-refractivity contribution in [2.75, 3.05) is 36.8 Å². The molecule has 0 heterocycles. The molecule has 0 N–H and O–H groups in total. The van der Waals surface area contributed by atoms with Crippen LogP contribution >= 0.6 is 0 Å². The number of nitrogens with zero attached hydrogens (tertiary/aromatic N) is 1. The number of ether oxygens (including phenoxy) is 1. The van der Waals surface area contributed by atoms with Gasteiger partial charge >= 0.3 is 0 Å². The minimum atomic E-state index is -3.47. The summed E-state index contributed by atoms with van der Waals surface area (Å²) in [5, 5.41) is 0. The summed E-state index contributed by atoms with van der Waals surface area (Å²) in [6.45, 7) is 0.523. The van der Waals surface area contributed by atoms with Crippen molar-refractivity contribution in [1.82, 2.24) is 0 Å². The standard InChI is InChI=1S/C18H22FNO5S2/c1-25-17-12-16(8-9-18(17)27(3,23)24)20(10-11-26(2,21)22)13-14-4-6-15(19)7-5-14/h4-9,12H,10-11,13H2,1-3H3. The normalized spacial score (nSPS) is 12.0. The second kappa shape index (κ2) is 8.26. The molecule has 6 nitrogen and oxygen atoms in total. The summed E-state index contributed by atoms with van der Waals surface area (Å²) < 4.78 is 65.3. The lowest BCUT2D eigenvalue weighted by Gasteiger charge is -2.25. The number of methoxy groups -OCH3 is 1. The van der Waals surface area contributed by atoms with Gasteiger partial charge in [-0.25, -0.2) is 21.2 Å². The molecule has 0 aliphatic heterocycles. The van der Waals surface area contributed by atoms with Gasteiger partial charge in [0.1, 0.15) is 26.3 Å². The Hall–Kier alpha value is -2.13. The van der Waals surface area contributed by atoms with Gasteiger partial charge in [0.25, 0.3) is 0 Å². The summed E-state index contributed by atoms with van der Waals surface area (Å²) in [5.41, 5.74) is 1.39. The van der Waals surface area contributed by atoms with Crippen LogP contribution in [-0.4, -0.2) is 48.8 Å². The predicted molar refractivity (Wildman–Crippen MR) is 103 cm³/mol. The monoisotopic (exact) mass is 415 g/mol. The molecule has 0 amide bonds. The summed E-state index contributed by atoms with van der Waals surface area (Å²) in [6.07, 6.45) is 2.24. The van der Waals surface area contributed by atoms with Crippen LogP contribution in [0.5, 0.6) is 5.75 Å². The van der Waals surface area contributed by atoms with Crippen molar-refractivity contribution in [3.05, 3.63) is 53.8 Å². The van der Waals surface area contributed by atoms with Crippen molar-refractivity contribution in [1.29, 1.82) is 0 Å². The van der Waals surface area contributed by atoms with Crippen molar-refractivity contribution in [2.24, 2.45) is 0 Å². The first-order chi connectivity index (χ1) is 12.5. The van der Waals surface area contributed by atoms with Crippen LogP contribution in [0.3, 0.4) is 0 Å². The topological polar surface area (TPSA) is 80.8 Å². The van der Waals surface area contributed by atoms with Gasteiger partial charge in [0.15, 0.2) is 9.84 Å². The number of hydrogen-bond donors (Lipinski definition) is 0. The molecule has 2 aromatic rings. The van der Waals surface area contributed by atoms with E-state index in [2.05, 4.69) is 0 Å². The number of benzene rings is 2. The third kappa shape index (κ3) is 6.21. The van der Waals surface area contributed by atoms with Gasteiger partial charge in [0.05, 0.1) is 12.9 Å². The molecule has 0 aromatic heterocycles. The van der Waals surface area contributed by atoms with Crippen molar-refractivity contribution in [3.8, 4) is 5.75 Å². The molecule has 0 radical (unpaired) electrons. The molecule has 0 atom stereocenters. The van der Waals surface area contributed by atoms with Crippen molar-refractivity contribution < 1.29 is 26.0 Å². The largest absolute Gasteiger partial charge is 0.495 e. The van der Waals surface area contributed by atoms with Crippen LogP contribution in [0.25, 0.3) is 0 Å². The molecule has 2 aromatic carbocycles. The van der Waals surface area contributed by atoms with Crippen molar-refractivity contribution >= 4 is 25.4 Å². The maximum atomic E-state index is 13.1. The fourth-order valence-corrected chi connectivity index (χ4v) is 3.92. The van der Waals surface area contributed by atoms with Crippen LogP contribution in [0.15, 0.2) is 47.4 Å². The lowest BCUT2D eigenvalue weighted by molar-refractivity contribution is 0.403. The van der Waals surface area contributed by atoms with Crippen LogP contribution in [0, 0.1) is 5.82 Å². The van der Waals surface area contributed by atoms with Gasteiger partial charge in [-0.2, -0.15) is 0 Å². The average Bonchev–Trinajstić information content (AvgIpc) is 2.58. The smallest absolute Gasteiger partial charge is 0.179 e. The number of anilines is 1. The highest BCUT2D eigenvalue weighted by Gasteiger charge is 2.18. The Balaban J connectivity index is 2.41. The average molecular weight is 416 g/mol. The first-order valence-electron chi connectivity index (χ1n) is 8.05. The summed E-state index contributed by atoms with van der Waals surface area (Å²) in [5.74, 6) is -0.260. The second-order valence-electron chi connectivity index (χ2n) is 6.29. The highest BCUT2D eigenvalue weighted by Crippen LogP contribution is 2.30. The van der Waals surface area contributed by atoms with Crippen LogP contribution in [0.1, 0.15) is 5.56 Å². The maximum absolute atomic E-state index is 13.1. The summed E-state index contributed by atoms with van der Waals surface area (Å²) >= 11 is 0. The highest BCUT2D eigenvalue weighted by atomic mass is 32.2. The molecule has 9 heteroatoms. The molecule has 27 heavy (non-hydrogen) atoms. The zero-order valence-corrected chi connectivity index (χ0v) is 17.0. The Morgan fingerprint density at radius 3 is 2.15 bits per heavy atom. The molecule has 0 spiro atoms. The summed E-state index contributed by atoms with van der Waals surface area (Å²) in [6, 6.07) is 10.5. The SMILES string of the molecule is COc1cc(N(CCS(C)(=O)=O)Cc2ccc(F)cc2)ccc1S(C)(=O)=O. The third-order valence-corrected chi connectivity index (χ3v) is 5.99. The van der Waals surface area contributed by atoms with E-state index >= 15 is 0 Å². The summed E-state index contributed by atoms with van der Waals surface area (Å²) in [4.78, 5) is 1.83. The van der Waals surface area contributed by atoms with Gasteiger partial charge in [0, 0.05) is 37.4 Å². The lowest BCUT2D eigenvalue weighted by atomic mass is 10.2. The molecule has 0 saturated carbocycles. The zero-order chi connectivity index (χ0) is 20.2. The van der Waals surface area contributed by atoms with Crippen LogP contribution in [0.2, 0.25) is 0 Å². The fraction of sp³-hybridized carbons (Fsp3) is 0.333. The van der Waals surface area contributed by atoms with E-state index in [0.29, 0.717) is 12.2 Å². The van der Waals surface area contributed by atoms with E-state index in [0.717, 1.165) is 18.1 Å². The quantitative estimate of drug-likeness (QED) is 0.658. The molecule has 0 bridgehead atoms. The molecule has 0 fully saturated rings. The number of sulfone groups is 2. The maximum Gasteiger partial charge on any atom is 0.179 e. The van der Waals surface area contributed by atoms with E-state index in [4.69, 9.17) is 4.74 Å². The van der Waals surface area contributed by atoms with Gasteiger partial charge in [-0.1, -0.05) is 12.1 Å². The van der Waals surface area contributed by atoms with Gasteiger partial charge in [-0.3, -0.25) is 0 Å². The van der Waals surface area contributed by atoms with Gasteiger partial charge in [-0.05, 0) is 29.8 Å². The molecule has 0 unspecified atom stereocenters. The van der Waals surface area contributed by atoms with Gasteiger partial charge < -0.3 is 9.64 Å². The fourth-order valence-electron chi connectivity index (χ4n) is 2.54. The molecular formula is C18H22FNO5S2. The predicted octanol–water partition coefficient (Wildman–Crippen LogP) is 2.29. The molecule has 0 aliphatic carbocycles. The van der Waals surface area contributed by atoms with Crippen molar-refractivity contribution in [3.63, 3.8) is 0 Å². The Morgan fingerprint density at radius 1 is 1.00 bits per heavy atom. The molecule has 2 rings (SSSR count). The van der Waals surface area contributed by atoms with E-state index in [1.807, 2.05) is 0 Å². The highest BCUT2D eigenvalue weighted by molar-refractivity contribution is 7.91. The Morgan fingerprint density at radius 2 is 1.63 bits per heavy atom. The minimum Gasteiger partial charge on any atom is -0.495 e. The lowest BCUT2D eigenvalue weighted by Crippen LogP contribution is -2.28. The number of hydrogen-bond acceptors (Lipinski definition) is 6. The minimum absolute atomic E-state index is 0.0543. The van der Waals surface area contributed by atoms with Crippen molar-refractivity contribution in [2.45, 2.75) is 11.4 Å². The van der Waals surface area contributed by atoms with Gasteiger partial charge in [0.2, 0.25) is 0 Å². The second-order valence-corrected chi connectivity index (χ2v) is 10.5. The molecule has 148 valence electrons. The summed E-state index contributed by atoms with van der Waals surface area (Å²) in [7, 11) is -5.30. The first-order valence-corrected chi connectivity index (χ1v) is 12.0. The van der Waals surface area contributed by atoms with Crippen LogP contribution < -0.4 is 9.64 Å². The Bertz CT molecular complexity index is 1000. The molecular weight excluding hydrogens is 393 g/mol. The number of halogens is 1. The molecule has 0 aliphatic rings. The first kappa shape index (κ1) is 21.2. The third-order valence-electron chi connectivity index (χ3n) is 3.93. The Labute approximate surface area is 159 Å². The van der Waals surface area contributed by atoms with E-state index < -0.39 is 19.7 Å². The van der Waals surface area contributed by atoms with E-state index in [1.54, 1.807) is 29.2 Å². The van der Waals surface area contributed by atoms with E-state index in [1.165, 1.54) is 25.3 Å². The van der Waals surface area contributed by atoms with Crippen LogP contribution in [-0.2, 0) is 26.2 Å². The Kier molecular flexibility index (Phi) is 6.48. The van der Waals surface area contributed by atoms with Crippen LogP contribution in [0.4, 0.5) is 10.1 Å². The zero-order valence-electron chi connectivity index (χ0n) is 15.3. The van der Waals surface area contributed by atoms with Gasteiger partial charge in [-0.15, -0.1) is 0 Å². The number of rotatable bonds is 8. The molecule has 0 saturated heterocycles. The van der Waals surface area contributed by atoms with E-state index in [9.17, 15) is 21.2 Å². The van der Waals surface area contributed by atoms with E-state index in [-0.39, 0.29) is 28.8 Å².